The average molecular weight is 503 g/mol. The minimum Gasteiger partial charge on any atom is -0.207 e. The number of nitrogens with zero attached hydrogens (tertiary/aromatic N) is 6. The minimum atomic E-state index is 0.794. The van der Waals surface area contributed by atoms with Crippen molar-refractivity contribution in [1.82, 2.24) is 17.5 Å². The van der Waals surface area contributed by atoms with Gasteiger partial charge in [-0.05, 0) is 24.3 Å². The molecule has 0 atom stereocenters. The van der Waals surface area contributed by atoms with Crippen molar-refractivity contribution in [2.24, 2.45) is 14.1 Å². The van der Waals surface area contributed by atoms with Gasteiger partial charge in [-0.15, -0.1) is 0 Å². The summed E-state index contributed by atoms with van der Waals surface area (Å²) in [5.74, 6) is 13.0. The molecule has 0 N–H and O–H groups in total. The van der Waals surface area contributed by atoms with Crippen LogP contribution in [-0.2, 0) is 14.1 Å². The van der Waals surface area contributed by atoms with E-state index in [1.807, 2.05) is 96.5 Å². The summed E-state index contributed by atoms with van der Waals surface area (Å²) in [7, 11) is 3.96. The molecule has 0 saturated heterocycles. The van der Waals surface area contributed by atoms with Gasteiger partial charge in [-0.1, -0.05) is 35.8 Å². The standard InChI is InChI=1S/C28H18N6S2/c1-33-15-3-5-19(17-33)7-9-21-11-13-23(27-25(21)29-35-31-27)24-14-12-22(26-28(24)32-36-30-26)10-8-20-6-4-16-34(2)18-20/h3-6,11-18H,1-2H3/q+2. The summed E-state index contributed by atoms with van der Waals surface area (Å²) in [6, 6.07) is 16.0. The Morgan fingerprint density at radius 2 is 1.00 bits per heavy atom. The third-order valence-corrected chi connectivity index (χ3v) is 6.74. The molecule has 0 aliphatic heterocycles. The zero-order valence-electron chi connectivity index (χ0n) is 19.4. The molecule has 0 radical (unpaired) electrons. The van der Waals surface area contributed by atoms with E-state index in [4.69, 9.17) is 0 Å². The summed E-state index contributed by atoms with van der Waals surface area (Å²) < 4.78 is 22.3. The largest absolute Gasteiger partial charge is 0.207 e. The van der Waals surface area contributed by atoms with Crippen LogP contribution in [0.25, 0.3) is 33.2 Å². The van der Waals surface area contributed by atoms with Gasteiger partial charge < -0.3 is 0 Å². The normalized spacial score (nSPS) is 10.6. The number of aromatic nitrogens is 6. The first-order valence-electron chi connectivity index (χ1n) is 11.1. The van der Waals surface area contributed by atoms with Gasteiger partial charge in [-0.25, -0.2) is 9.13 Å². The van der Waals surface area contributed by atoms with Gasteiger partial charge in [0.15, 0.2) is 24.8 Å². The number of fused-ring (bicyclic) bond motifs is 2. The fraction of sp³-hybridized carbons (Fsp3) is 0.0714. The summed E-state index contributed by atoms with van der Waals surface area (Å²) in [6.45, 7) is 0. The lowest BCUT2D eigenvalue weighted by atomic mass is 9.98. The number of rotatable bonds is 1. The number of benzene rings is 2. The molecule has 0 aliphatic rings. The molecule has 0 amide bonds. The van der Waals surface area contributed by atoms with Crippen LogP contribution in [0.1, 0.15) is 22.3 Å². The number of aryl methyl sites for hydroxylation is 2. The first-order valence-corrected chi connectivity index (χ1v) is 12.6. The average Bonchev–Trinajstić information content (AvgIpc) is 3.57. The maximum Gasteiger partial charge on any atom is 0.184 e. The highest BCUT2D eigenvalue weighted by Gasteiger charge is 2.16. The van der Waals surface area contributed by atoms with Crippen molar-refractivity contribution in [3.63, 3.8) is 0 Å². The zero-order chi connectivity index (χ0) is 24.5. The first-order chi connectivity index (χ1) is 17.7. The van der Waals surface area contributed by atoms with E-state index >= 15 is 0 Å². The summed E-state index contributed by atoms with van der Waals surface area (Å²) >= 11 is 2.38. The van der Waals surface area contributed by atoms with E-state index in [1.54, 1.807) is 0 Å². The van der Waals surface area contributed by atoms with Gasteiger partial charge in [0, 0.05) is 23.3 Å². The molecule has 4 aromatic heterocycles. The number of hydrogen-bond acceptors (Lipinski definition) is 6. The van der Waals surface area contributed by atoms with Crippen LogP contribution in [0, 0.1) is 23.7 Å². The van der Waals surface area contributed by atoms with Gasteiger partial charge in [0.1, 0.15) is 36.2 Å². The Labute approximate surface area is 216 Å². The molecule has 0 unspecified atom stereocenters. The summed E-state index contributed by atoms with van der Waals surface area (Å²) in [4.78, 5) is 0. The second kappa shape index (κ2) is 9.27. The molecule has 170 valence electrons. The topological polar surface area (TPSA) is 59.3 Å². The van der Waals surface area contributed by atoms with Gasteiger partial charge in [0.2, 0.25) is 0 Å². The summed E-state index contributed by atoms with van der Waals surface area (Å²) in [5, 5.41) is 0. The Morgan fingerprint density at radius 1 is 0.556 bits per heavy atom. The molecule has 0 saturated carbocycles. The summed E-state index contributed by atoms with van der Waals surface area (Å²) in [5.41, 5.74) is 8.72. The molecule has 0 aliphatic carbocycles. The number of pyridine rings is 2. The fourth-order valence-electron chi connectivity index (χ4n) is 3.97. The van der Waals surface area contributed by atoms with E-state index in [1.165, 1.54) is 23.5 Å². The van der Waals surface area contributed by atoms with Crippen LogP contribution in [0.3, 0.4) is 0 Å². The highest BCUT2D eigenvalue weighted by molar-refractivity contribution is 7.00. The molecule has 0 fully saturated rings. The Kier molecular flexibility index (Phi) is 5.67. The van der Waals surface area contributed by atoms with Gasteiger partial charge in [-0.2, -0.15) is 17.5 Å². The van der Waals surface area contributed by atoms with Crippen molar-refractivity contribution in [1.29, 1.82) is 0 Å². The van der Waals surface area contributed by atoms with E-state index in [9.17, 15) is 0 Å². The zero-order valence-corrected chi connectivity index (χ0v) is 21.1. The molecule has 0 bridgehead atoms. The molecule has 6 rings (SSSR count). The van der Waals surface area contributed by atoms with Crippen molar-refractivity contribution in [3.8, 4) is 34.8 Å². The SMILES string of the molecule is C[n+]1cccc(C#Cc2ccc(-c3ccc(C#Cc4ccc[n+](C)c4)c4nsnc34)c3nsnc23)c1. The Bertz CT molecular complexity index is 1760. The highest BCUT2D eigenvalue weighted by atomic mass is 32.1. The van der Waals surface area contributed by atoms with Gasteiger partial charge in [-0.3, -0.25) is 0 Å². The van der Waals surface area contributed by atoms with Crippen LogP contribution in [0.4, 0.5) is 0 Å². The van der Waals surface area contributed by atoms with E-state index in [2.05, 4.69) is 41.2 Å². The fourth-order valence-corrected chi connectivity index (χ4v) is 5.12. The molecule has 8 heteroatoms. The van der Waals surface area contributed by atoms with Crippen LogP contribution in [0.15, 0.2) is 73.3 Å². The molecule has 0 spiro atoms. The van der Waals surface area contributed by atoms with Crippen molar-refractivity contribution < 1.29 is 9.13 Å². The van der Waals surface area contributed by atoms with Gasteiger partial charge in [0.25, 0.3) is 0 Å². The van der Waals surface area contributed by atoms with Gasteiger partial charge in [0.05, 0.1) is 45.7 Å². The third-order valence-electron chi connectivity index (χ3n) is 5.68. The molecular formula is C28H18N6S2+2. The number of hydrogen-bond donors (Lipinski definition) is 0. The first kappa shape index (κ1) is 22.0. The van der Waals surface area contributed by atoms with Crippen molar-refractivity contribution in [3.05, 3.63) is 95.6 Å². The lowest BCUT2D eigenvalue weighted by molar-refractivity contribution is -0.671. The van der Waals surface area contributed by atoms with E-state index < -0.39 is 0 Å². The monoisotopic (exact) mass is 502 g/mol. The van der Waals surface area contributed by atoms with Gasteiger partial charge >= 0.3 is 0 Å². The Balaban J connectivity index is 1.42. The highest BCUT2D eigenvalue weighted by Crippen LogP contribution is 2.34. The van der Waals surface area contributed by atoms with Crippen molar-refractivity contribution >= 4 is 45.5 Å². The predicted molar refractivity (Wildman–Crippen MR) is 141 cm³/mol. The van der Waals surface area contributed by atoms with Crippen LogP contribution in [-0.4, -0.2) is 17.5 Å². The van der Waals surface area contributed by atoms with E-state index in [0.717, 1.165) is 55.4 Å². The van der Waals surface area contributed by atoms with Crippen LogP contribution in [0.2, 0.25) is 0 Å². The molecule has 6 aromatic rings. The Morgan fingerprint density at radius 3 is 1.44 bits per heavy atom. The lowest BCUT2D eigenvalue weighted by Gasteiger charge is -2.05. The third kappa shape index (κ3) is 4.20. The molecule has 36 heavy (non-hydrogen) atoms. The second-order valence-electron chi connectivity index (χ2n) is 8.26. The molecule has 4 heterocycles. The quantitative estimate of drug-likeness (QED) is 0.253. The molecular weight excluding hydrogens is 484 g/mol. The van der Waals surface area contributed by atoms with Crippen LogP contribution < -0.4 is 9.13 Å². The van der Waals surface area contributed by atoms with E-state index in [0.29, 0.717) is 0 Å². The van der Waals surface area contributed by atoms with Crippen molar-refractivity contribution in [2.75, 3.05) is 0 Å². The minimum absolute atomic E-state index is 0.794. The smallest absolute Gasteiger partial charge is 0.184 e. The van der Waals surface area contributed by atoms with E-state index in [-0.39, 0.29) is 0 Å². The Hall–Kier alpha value is -4.50. The molecule has 6 nitrogen and oxygen atoms in total. The summed E-state index contributed by atoms with van der Waals surface area (Å²) in [6.07, 6.45) is 7.95. The van der Waals surface area contributed by atoms with Crippen LogP contribution in [0.5, 0.6) is 0 Å². The van der Waals surface area contributed by atoms with Crippen LogP contribution >= 0.6 is 23.5 Å². The maximum absolute atomic E-state index is 4.61. The molecule has 2 aromatic carbocycles. The second-order valence-corrected chi connectivity index (χ2v) is 9.32. The van der Waals surface area contributed by atoms with Crippen molar-refractivity contribution in [2.45, 2.75) is 0 Å². The maximum atomic E-state index is 4.61. The predicted octanol–water partition coefficient (Wildman–Crippen LogP) is 3.81. The lowest BCUT2D eigenvalue weighted by Crippen LogP contribution is -2.26.